The van der Waals surface area contributed by atoms with Crippen molar-refractivity contribution < 1.29 is 28.9 Å². The molecule has 0 aromatic heterocycles. The van der Waals surface area contributed by atoms with Crippen LogP contribution in [0.15, 0.2) is 41.5 Å². The molecule has 0 unspecified atom stereocenters. The fourth-order valence-corrected chi connectivity index (χ4v) is 2.27. The Bertz CT molecular complexity index is 897. The number of rotatable bonds is 5. The third kappa shape index (κ3) is 4.46. The van der Waals surface area contributed by atoms with Crippen LogP contribution in [0.5, 0.6) is 23.0 Å². The zero-order valence-electron chi connectivity index (χ0n) is 14.4. The summed E-state index contributed by atoms with van der Waals surface area (Å²) in [5, 5.41) is 15.9. The van der Waals surface area contributed by atoms with Crippen molar-refractivity contribution in [2.45, 2.75) is 6.92 Å². The van der Waals surface area contributed by atoms with Crippen molar-refractivity contribution in [3.63, 3.8) is 0 Å². The average molecular weight is 371 g/mol. The smallest absolute Gasteiger partial charge is 0.329 e. The topological polar surface area (TPSA) is 118 Å². The van der Waals surface area contributed by atoms with Gasteiger partial charge in [0.15, 0.2) is 23.0 Å². The number of carbonyl (C=O) groups is 2. The molecule has 1 aliphatic rings. The number of fused-ring (bicyclic) bond motifs is 1. The molecule has 0 aliphatic carbocycles. The first-order valence-electron chi connectivity index (χ1n) is 8.06. The summed E-state index contributed by atoms with van der Waals surface area (Å²) in [6.07, 6.45) is 1.29. The highest BCUT2D eigenvalue weighted by molar-refractivity contribution is 6.39. The highest BCUT2D eigenvalue weighted by Crippen LogP contribution is 2.34. The van der Waals surface area contributed by atoms with Crippen LogP contribution in [0, 0.1) is 0 Å². The van der Waals surface area contributed by atoms with E-state index in [0.717, 1.165) is 0 Å². The second-order valence-electron chi connectivity index (χ2n) is 5.38. The van der Waals surface area contributed by atoms with Crippen LogP contribution in [0.1, 0.15) is 12.5 Å². The van der Waals surface area contributed by atoms with Gasteiger partial charge in [-0.2, -0.15) is 5.10 Å². The van der Waals surface area contributed by atoms with Crippen molar-refractivity contribution in [2.75, 3.05) is 18.7 Å². The molecule has 3 rings (SSSR count). The fourth-order valence-electron chi connectivity index (χ4n) is 2.27. The summed E-state index contributed by atoms with van der Waals surface area (Å²) >= 11 is 0. The third-order valence-corrected chi connectivity index (χ3v) is 3.50. The quantitative estimate of drug-likeness (QED) is 0.417. The van der Waals surface area contributed by atoms with Gasteiger partial charge in [0.1, 0.15) is 0 Å². The van der Waals surface area contributed by atoms with E-state index in [4.69, 9.17) is 14.2 Å². The molecule has 2 amide bonds. The molecule has 2 aromatic carbocycles. The zero-order chi connectivity index (χ0) is 19.2. The van der Waals surface area contributed by atoms with Crippen molar-refractivity contribution in [3.8, 4) is 23.0 Å². The maximum absolute atomic E-state index is 11.9. The molecule has 0 bridgehead atoms. The normalized spacial score (nSPS) is 12.0. The van der Waals surface area contributed by atoms with E-state index in [-0.39, 0.29) is 12.5 Å². The minimum atomic E-state index is -0.945. The Morgan fingerprint density at radius 2 is 2.00 bits per heavy atom. The van der Waals surface area contributed by atoms with Gasteiger partial charge in [-0.15, -0.1) is 0 Å². The van der Waals surface area contributed by atoms with Gasteiger partial charge in [-0.3, -0.25) is 9.59 Å². The molecule has 1 aliphatic heterocycles. The largest absolute Gasteiger partial charge is 0.504 e. The van der Waals surface area contributed by atoms with E-state index in [1.54, 1.807) is 37.3 Å². The minimum absolute atomic E-state index is 0.0484. The lowest BCUT2D eigenvalue weighted by Crippen LogP contribution is -2.32. The molecule has 9 heteroatoms. The van der Waals surface area contributed by atoms with E-state index in [9.17, 15) is 14.7 Å². The van der Waals surface area contributed by atoms with E-state index in [1.807, 2.05) is 0 Å². The third-order valence-electron chi connectivity index (χ3n) is 3.50. The van der Waals surface area contributed by atoms with E-state index in [2.05, 4.69) is 15.8 Å². The van der Waals surface area contributed by atoms with Crippen LogP contribution in [-0.2, 0) is 9.59 Å². The number of anilines is 1. The number of aromatic hydroxyl groups is 1. The molecular formula is C18H17N3O6. The Labute approximate surface area is 154 Å². The number of carbonyl (C=O) groups excluding carboxylic acids is 2. The first-order valence-corrected chi connectivity index (χ1v) is 8.06. The number of hydrogen-bond donors (Lipinski definition) is 3. The van der Waals surface area contributed by atoms with Gasteiger partial charge in [0.05, 0.1) is 12.8 Å². The van der Waals surface area contributed by atoms with Crippen LogP contribution in [0.3, 0.4) is 0 Å². The maximum atomic E-state index is 11.9. The standard InChI is InChI=1S/C18H17N3O6/c1-2-25-14-5-3-11(7-13(14)22)9-19-21-18(24)17(23)20-12-4-6-15-16(8-12)27-10-26-15/h3-9,22H,2,10H2,1H3,(H,20,23)(H,21,24). The second kappa shape index (κ2) is 8.09. The monoisotopic (exact) mass is 371 g/mol. The molecule has 0 saturated heterocycles. The minimum Gasteiger partial charge on any atom is -0.504 e. The molecule has 0 spiro atoms. The summed E-state index contributed by atoms with van der Waals surface area (Å²) in [4.78, 5) is 23.7. The number of amides is 2. The number of nitrogens with zero attached hydrogens (tertiary/aromatic N) is 1. The molecular weight excluding hydrogens is 354 g/mol. The van der Waals surface area contributed by atoms with Crippen molar-refractivity contribution in [1.82, 2.24) is 5.43 Å². The van der Waals surface area contributed by atoms with E-state index < -0.39 is 11.8 Å². The van der Waals surface area contributed by atoms with Crippen LogP contribution in [-0.4, -0.2) is 36.5 Å². The van der Waals surface area contributed by atoms with Crippen LogP contribution in [0.25, 0.3) is 0 Å². The van der Waals surface area contributed by atoms with E-state index in [0.29, 0.717) is 35.1 Å². The van der Waals surface area contributed by atoms with Gasteiger partial charge in [0.2, 0.25) is 6.79 Å². The Morgan fingerprint density at radius 3 is 2.78 bits per heavy atom. The van der Waals surface area contributed by atoms with Gasteiger partial charge >= 0.3 is 11.8 Å². The first kappa shape index (κ1) is 18.1. The molecule has 27 heavy (non-hydrogen) atoms. The molecule has 0 fully saturated rings. The van der Waals surface area contributed by atoms with Crippen LogP contribution in [0.4, 0.5) is 5.69 Å². The number of phenols is 1. The average Bonchev–Trinajstić information content (AvgIpc) is 3.11. The summed E-state index contributed by atoms with van der Waals surface area (Å²) in [7, 11) is 0. The molecule has 0 saturated carbocycles. The summed E-state index contributed by atoms with van der Waals surface area (Å²) in [6.45, 7) is 2.34. The van der Waals surface area contributed by atoms with Crippen LogP contribution < -0.4 is 25.0 Å². The lowest BCUT2D eigenvalue weighted by Gasteiger charge is -2.06. The summed E-state index contributed by atoms with van der Waals surface area (Å²) < 4.78 is 15.6. The van der Waals surface area contributed by atoms with Crippen molar-refractivity contribution >= 4 is 23.7 Å². The van der Waals surface area contributed by atoms with Crippen molar-refractivity contribution in [2.24, 2.45) is 5.10 Å². The number of ether oxygens (including phenoxy) is 3. The number of hydrogen-bond acceptors (Lipinski definition) is 7. The lowest BCUT2D eigenvalue weighted by atomic mass is 10.2. The molecule has 2 aromatic rings. The highest BCUT2D eigenvalue weighted by atomic mass is 16.7. The van der Waals surface area contributed by atoms with Crippen LogP contribution >= 0.6 is 0 Å². The molecule has 9 nitrogen and oxygen atoms in total. The number of nitrogens with one attached hydrogen (secondary N) is 2. The van der Waals surface area contributed by atoms with Gasteiger partial charge in [-0.05, 0) is 42.8 Å². The van der Waals surface area contributed by atoms with Gasteiger partial charge in [0.25, 0.3) is 0 Å². The molecule has 1 heterocycles. The Hall–Kier alpha value is -3.75. The van der Waals surface area contributed by atoms with Gasteiger partial charge in [-0.25, -0.2) is 5.43 Å². The van der Waals surface area contributed by atoms with Crippen molar-refractivity contribution in [1.29, 1.82) is 0 Å². The summed E-state index contributed by atoms with van der Waals surface area (Å²) in [5.74, 6) is -0.476. The number of phenolic OH excluding ortho intramolecular Hbond substituents is 1. The van der Waals surface area contributed by atoms with Crippen LogP contribution in [0.2, 0.25) is 0 Å². The van der Waals surface area contributed by atoms with Crippen molar-refractivity contribution in [3.05, 3.63) is 42.0 Å². The number of benzene rings is 2. The predicted octanol–water partition coefficient (Wildman–Crippen LogP) is 1.61. The Morgan fingerprint density at radius 1 is 1.19 bits per heavy atom. The molecule has 0 radical (unpaired) electrons. The van der Waals surface area contributed by atoms with Gasteiger partial charge in [-0.1, -0.05) is 0 Å². The molecule has 140 valence electrons. The van der Waals surface area contributed by atoms with Gasteiger partial charge in [0, 0.05) is 11.8 Å². The fraction of sp³-hybridized carbons (Fsp3) is 0.167. The second-order valence-corrected chi connectivity index (χ2v) is 5.38. The number of hydrazone groups is 1. The zero-order valence-corrected chi connectivity index (χ0v) is 14.4. The first-order chi connectivity index (χ1) is 13.1. The lowest BCUT2D eigenvalue weighted by molar-refractivity contribution is -0.136. The SMILES string of the molecule is CCOc1ccc(C=NNC(=O)C(=O)Nc2ccc3c(c2)OCO3)cc1O. The predicted molar refractivity (Wildman–Crippen MR) is 96.2 cm³/mol. The Balaban J connectivity index is 1.54. The van der Waals surface area contributed by atoms with E-state index >= 15 is 0 Å². The van der Waals surface area contributed by atoms with Gasteiger partial charge < -0.3 is 24.6 Å². The Kier molecular flexibility index (Phi) is 5.41. The maximum Gasteiger partial charge on any atom is 0.329 e. The molecule has 3 N–H and O–H groups in total. The molecule has 0 atom stereocenters. The highest BCUT2D eigenvalue weighted by Gasteiger charge is 2.17. The summed E-state index contributed by atoms with van der Waals surface area (Å²) in [6, 6.07) is 9.42. The summed E-state index contributed by atoms with van der Waals surface area (Å²) in [5.41, 5.74) is 3.02. The van der Waals surface area contributed by atoms with E-state index in [1.165, 1.54) is 12.3 Å².